The first-order chi connectivity index (χ1) is 6.45. The van der Waals surface area contributed by atoms with E-state index in [9.17, 15) is 0 Å². The summed E-state index contributed by atoms with van der Waals surface area (Å²) >= 11 is 0. The maximum absolute atomic E-state index is 9.15. The lowest BCUT2D eigenvalue weighted by Gasteiger charge is -2.27. The van der Waals surface area contributed by atoms with Crippen molar-refractivity contribution in [1.82, 2.24) is 0 Å². The highest BCUT2D eigenvalue weighted by Gasteiger charge is 2.33. The van der Waals surface area contributed by atoms with Gasteiger partial charge in [-0.3, -0.25) is 0 Å². The van der Waals surface area contributed by atoms with Crippen molar-refractivity contribution in [2.24, 2.45) is 0 Å². The van der Waals surface area contributed by atoms with Gasteiger partial charge in [0.1, 0.15) is 30.5 Å². The minimum Gasteiger partial charge on any atom is -0.394 e. The van der Waals surface area contributed by atoms with E-state index in [0.29, 0.717) is 0 Å². The second kappa shape index (κ2) is 6.25. The van der Waals surface area contributed by atoms with E-state index in [-0.39, 0.29) is 0 Å². The average molecular weight is 212 g/mol. The highest BCUT2D eigenvalue weighted by Crippen LogP contribution is 2.07. The van der Waals surface area contributed by atoms with Crippen molar-refractivity contribution in [3.05, 3.63) is 0 Å². The van der Waals surface area contributed by atoms with E-state index in [4.69, 9.17) is 35.7 Å². The fraction of sp³-hybridized carbons (Fsp3) is 1.00. The van der Waals surface area contributed by atoms with Crippen molar-refractivity contribution in [3.8, 4) is 0 Å². The summed E-state index contributed by atoms with van der Waals surface area (Å²) in [6.45, 7) is -1.58. The second-order valence-electron chi connectivity index (χ2n) is 2.97. The van der Waals surface area contributed by atoms with Crippen LogP contribution in [-0.2, 0) is 0 Å². The molecular weight excluding hydrogens is 196 g/mol. The zero-order valence-electron chi connectivity index (χ0n) is 7.43. The van der Waals surface area contributed by atoms with Gasteiger partial charge < -0.3 is 35.7 Å². The largest absolute Gasteiger partial charge is 0.394 e. The van der Waals surface area contributed by atoms with Crippen LogP contribution in [0, 0.1) is 0 Å². The van der Waals surface area contributed by atoms with Crippen LogP contribution in [0.15, 0.2) is 0 Å². The smallest absolute Gasteiger partial charge is 0.111 e. The molecule has 7 N–H and O–H groups in total. The first-order valence-corrected chi connectivity index (χ1v) is 4.07. The minimum atomic E-state index is -1.85. The Bertz CT molecular complexity index is 137. The zero-order valence-corrected chi connectivity index (χ0v) is 7.43. The van der Waals surface area contributed by atoms with Gasteiger partial charge in [-0.2, -0.15) is 0 Å². The lowest BCUT2D eigenvalue weighted by atomic mass is 10.00. The molecule has 0 unspecified atom stereocenters. The molecule has 0 spiro atoms. The van der Waals surface area contributed by atoms with E-state index in [1.165, 1.54) is 0 Å². The molecule has 0 radical (unpaired) electrons. The summed E-state index contributed by atoms with van der Waals surface area (Å²) in [5.41, 5.74) is 0. The van der Waals surface area contributed by atoms with E-state index in [1.807, 2.05) is 0 Å². The molecule has 0 aromatic rings. The van der Waals surface area contributed by atoms with Gasteiger partial charge in [0.2, 0.25) is 0 Å². The fourth-order valence-corrected chi connectivity index (χ4v) is 0.873. The predicted octanol–water partition coefficient (Wildman–Crippen LogP) is -4.22. The molecule has 7 nitrogen and oxygen atoms in total. The molecular formula is C7H16O7. The Kier molecular flexibility index (Phi) is 6.12. The van der Waals surface area contributed by atoms with Crippen LogP contribution in [0.25, 0.3) is 0 Å². The Morgan fingerprint density at radius 1 is 0.571 bits per heavy atom. The van der Waals surface area contributed by atoms with Gasteiger partial charge in [-0.15, -0.1) is 0 Å². The van der Waals surface area contributed by atoms with Crippen molar-refractivity contribution in [3.63, 3.8) is 0 Å². The molecule has 0 aromatic heterocycles. The summed E-state index contributed by atoms with van der Waals surface area (Å²) in [6, 6.07) is 0. The molecule has 0 aliphatic carbocycles. The Morgan fingerprint density at radius 3 is 1.07 bits per heavy atom. The number of hydrogen-bond acceptors (Lipinski definition) is 7. The first kappa shape index (κ1) is 13.7. The van der Waals surface area contributed by atoms with Gasteiger partial charge in [0, 0.05) is 0 Å². The van der Waals surface area contributed by atoms with Crippen LogP contribution in [-0.4, -0.2) is 79.5 Å². The monoisotopic (exact) mass is 212 g/mol. The van der Waals surface area contributed by atoms with Crippen LogP contribution in [0.1, 0.15) is 0 Å². The van der Waals surface area contributed by atoms with Gasteiger partial charge >= 0.3 is 0 Å². The van der Waals surface area contributed by atoms with Crippen molar-refractivity contribution < 1.29 is 35.7 Å². The third-order valence-corrected chi connectivity index (χ3v) is 1.86. The van der Waals surface area contributed by atoms with Gasteiger partial charge in [0.15, 0.2) is 0 Å². The average Bonchev–Trinajstić information content (AvgIpc) is 2.23. The van der Waals surface area contributed by atoms with Crippen molar-refractivity contribution in [2.45, 2.75) is 30.5 Å². The third kappa shape index (κ3) is 3.46. The highest BCUT2D eigenvalue weighted by atomic mass is 16.4. The van der Waals surface area contributed by atoms with Gasteiger partial charge in [-0.25, -0.2) is 0 Å². The molecule has 5 atom stereocenters. The number of hydrogen-bond donors (Lipinski definition) is 7. The summed E-state index contributed by atoms with van der Waals surface area (Å²) in [5, 5.41) is 61.9. The van der Waals surface area contributed by atoms with Crippen LogP contribution in [0.4, 0.5) is 0 Å². The molecule has 0 rings (SSSR count). The lowest BCUT2D eigenvalue weighted by Crippen LogP contribution is -2.50. The van der Waals surface area contributed by atoms with E-state index < -0.39 is 43.7 Å². The van der Waals surface area contributed by atoms with Crippen molar-refractivity contribution in [2.75, 3.05) is 13.2 Å². The molecule has 0 heterocycles. The van der Waals surface area contributed by atoms with Crippen molar-refractivity contribution >= 4 is 0 Å². The first-order valence-electron chi connectivity index (χ1n) is 4.07. The number of rotatable bonds is 6. The minimum absolute atomic E-state index is 0.792. The summed E-state index contributed by atoms with van der Waals surface area (Å²) in [6.07, 6.45) is -8.68. The second-order valence-corrected chi connectivity index (χ2v) is 2.97. The topological polar surface area (TPSA) is 142 Å². The Balaban J connectivity index is 4.22. The maximum atomic E-state index is 9.15. The summed E-state index contributed by atoms with van der Waals surface area (Å²) in [4.78, 5) is 0. The molecule has 0 aromatic carbocycles. The highest BCUT2D eigenvalue weighted by molar-refractivity contribution is 4.84. The van der Waals surface area contributed by atoms with Crippen LogP contribution in [0.5, 0.6) is 0 Å². The van der Waals surface area contributed by atoms with Crippen molar-refractivity contribution in [1.29, 1.82) is 0 Å². The lowest BCUT2D eigenvalue weighted by molar-refractivity contribution is -0.145. The fourth-order valence-electron chi connectivity index (χ4n) is 0.873. The molecule has 0 saturated heterocycles. The van der Waals surface area contributed by atoms with Gasteiger partial charge in [0.25, 0.3) is 0 Å². The zero-order chi connectivity index (χ0) is 11.3. The molecule has 0 bridgehead atoms. The molecule has 0 saturated carbocycles. The van der Waals surface area contributed by atoms with E-state index >= 15 is 0 Å². The Hall–Kier alpha value is -0.280. The predicted molar refractivity (Wildman–Crippen MR) is 44.2 cm³/mol. The maximum Gasteiger partial charge on any atom is 0.111 e. The van der Waals surface area contributed by atoms with E-state index in [1.54, 1.807) is 0 Å². The standard InChI is InChI=1S/C7H16O7/c8-1-3(10)5(12)7(14)6(13)4(11)2-9/h3-14H,1-2H2/t3-,4+,5-,6-,7+/m0/s1. The molecule has 86 valence electrons. The summed E-state index contributed by atoms with van der Waals surface area (Å²) < 4.78 is 0. The van der Waals surface area contributed by atoms with Crippen LogP contribution < -0.4 is 0 Å². The van der Waals surface area contributed by atoms with Crippen LogP contribution in [0.2, 0.25) is 0 Å². The van der Waals surface area contributed by atoms with Crippen LogP contribution >= 0.6 is 0 Å². The SMILES string of the molecule is OC[C@@H](O)[C@H](O)[C@H](O)[C@@H](O)[C@@H](O)CO. The molecule has 0 aliphatic rings. The van der Waals surface area contributed by atoms with Gasteiger partial charge in [0.05, 0.1) is 13.2 Å². The van der Waals surface area contributed by atoms with E-state index in [0.717, 1.165) is 0 Å². The Labute approximate surface area is 80.5 Å². The van der Waals surface area contributed by atoms with Gasteiger partial charge in [-0.1, -0.05) is 0 Å². The normalized spacial score (nSPS) is 22.5. The van der Waals surface area contributed by atoms with Gasteiger partial charge in [-0.05, 0) is 0 Å². The number of aliphatic hydroxyl groups is 7. The third-order valence-electron chi connectivity index (χ3n) is 1.86. The summed E-state index contributed by atoms with van der Waals surface area (Å²) in [5.74, 6) is 0. The molecule has 0 fully saturated rings. The molecule has 7 heteroatoms. The molecule has 0 aliphatic heterocycles. The quantitative estimate of drug-likeness (QED) is 0.236. The summed E-state index contributed by atoms with van der Waals surface area (Å²) in [7, 11) is 0. The van der Waals surface area contributed by atoms with Crippen LogP contribution in [0.3, 0.4) is 0 Å². The van der Waals surface area contributed by atoms with E-state index in [2.05, 4.69) is 0 Å². The molecule has 0 amide bonds. The Morgan fingerprint density at radius 2 is 0.857 bits per heavy atom. The number of aliphatic hydroxyl groups excluding tert-OH is 7. The molecule has 14 heavy (non-hydrogen) atoms.